The maximum absolute atomic E-state index is 12.1. The highest BCUT2D eigenvalue weighted by Gasteiger charge is 2.38. The summed E-state index contributed by atoms with van der Waals surface area (Å²) in [5, 5.41) is 1.80. The van der Waals surface area contributed by atoms with E-state index < -0.39 is 12.1 Å². The number of alkyl halides is 3. The van der Waals surface area contributed by atoms with E-state index in [1.807, 2.05) is 0 Å². The number of anilines is 1. The van der Waals surface area contributed by atoms with Crippen molar-refractivity contribution < 1.29 is 22.4 Å². The van der Waals surface area contributed by atoms with Gasteiger partial charge in [0.25, 0.3) is 0 Å². The van der Waals surface area contributed by atoms with Gasteiger partial charge in [-0.05, 0) is 24.6 Å². The summed E-state index contributed by atoms with van der Waals surface area (Å²) in [5.41, 5.74) is 1.49. The van der Waals surface area contributed by atoms with Crippen molar-refractivity contribution in [2.24, 2.45) is 0 Å². The number of halogens is 3. The molecule has 0 saturated heterocycles. The fourth-order valence-electron chi connectivity index (χ4n) is 1.62. The Hall–Kier alpha value is -2.31. The third-order valence-electron chi connectivity index (χ3n) is 2.46. The molecule has 20 heavy (non-hydrogen) atoms. The van der Waals surface area contributed by atoms with Gasteiger partial charge in [-0.2, -0.15) is 13.2 Å². The number of benzene rings is 1. The lowest BCUT2D eigenvalue weighted by Crippen LogP contribution is -2.29. The highest BCUT2D eigenvalue weighted by atomic mass is 19.4. The fourth-order valence-corrected chi connectivity index (χ4v) is 1.62. The number of carbonyl (C=O) groups excluding carboxylic acids is 1. The number of nitrogens with zero attached hydrogens (tertiary/aromatic N) is 1. The van der Waals surface area contributed by atoms with Gasteiger partial charge in [-0.1, -0.05) is 12.1 Å². The Morgan fingerprint density at radius 1 is 1.40 bits per heavy atom. The Morgan fingerprint density at radius 2 is 2.15 bits per heavy atom. The van der Waals surface area contributed by atoms with E-state index in [1.54, 1.807) is 24.4 Å². The summed E-state index contributed by atoms with van der Waals surface area (Å²) < 4.78 is 41.6. The summed E-state index contributed by atoms with van der Waals surface area (Å²) in [6.45, 7) is 1.77. The Morgan fingerprint density at radius 3 is 2.75 bits per heavy atom. The molecule has 2 aromatic rings. The lowest BCUT2D eigenvalue weighted by molar-refractivity contribution is -0.167. The molecule has 1 amide bonds. The Bertz CT molecular complexity index is 620. The molecule has 1 aromatic heterocycles. The number of carbonyl (C=O) groups is 1. The molecule has 1 aromatic carbocycles. The minimum atomic E-state index is -4.91. The number of aromatic nitrogens is 1. The number of hydrogen-bond donors (Lipinski definition) is 1. The molecule has 0 atom stereocenters. The number of oxazole rings is 1. The SMILES string of the molecule is Cc1coc(Cc2cccc(NC(=O)C(F)(F)F)c2)n1. The van der Waals surface area contributed by atoms with Crippen molar-refractivity contribution in [1.82, 2.24) is 4.98 Å². The highest BCUT2D eigenvalue weighted by molar-refractivity contribution is 5.94. The molecule has 0 aliphatic heterocycles. The summed E-state index contributed by atoms with van der Waals surface area (Å²) in [6.07, 6.45) is -3.08. The Balaban J connectivity index is 2.10. The van der Waals surface area contributed by atoms with Crippen LogP contribution in [0.15, 0.2) is 34.9 Å². The van der Waals surface area contributed by atoms with Crippen LogP contribution in [0, 0.1) is 6.92 Å². The summed E-state index contributed by atoms with van der Waals surface area (Å²) in [4.78, 5) is 14.9. The first kappa shape index (κ1) is 14.1. The maximum Gasteiger partial charge on any atom is 0.471 e. The van der Waals surface area contributed by atoms with Crippen molar-refractivity contribution in [3.05, 3.63) is 47.7 Å². The molecular weight excluding hydrogens is 273 g/mol. The summed E-state index contributed by atoms with van der Waals surface area (Å²) >= 11 is 0. The van der Waals surface area contributed by atoms with Crippen LogP contribution in [0.5, 0.6) is 0 Å². The van der Waals surface area contributed by atoms with Gasteiger partial charge in [0, 0.05) is 12.1 Å². The molecule has 1 N–H and O–H groups in total. The second kappa shape index (κ2) is 5.36. The molecule has 1 heterocycles. The van der Waals surface area contributed by atoms with E-state index in [9.17, 15) is 18.0 Å². The molecule has 0 fully saturated rings. The quantitative estimate of drug-likeness (QED) is 0.942. The first-order valence-electron chi connectivity index (χ1n) is 5.73. The predicted octanol–water partition coefficient (Wildman–Crippen LogP) is 3.07. The van der Waals surface area contributed by atoms with E-state index in [4.69, 9.17) is 4.42 Å². The fraction of sp³-hybridized carbons (Fsp3) is 0.231. The monoisotopic (exact) mass is 284 g/mol. The molecule has 7 heteroatoms. The minimum Gasteiger partial charge on any atom is -0.448 e. The van der Waals surface area contributed by atoms with Gasteiger partial charge >= 0.3 is 12.1 Å². The smallest absolute Gasteiger partial charge is 0.448 e. The van der Waals surface area contributed by atoms with Gasteiger partial charge in [0.05, 0.1) is 5.69 Å². The normalized spacial score (nSPS) is 11.4. The van der Waals surface area contributed by atoms with Crippen LogP contribution in [0.1, 0.15) is 17.1 Å². The second-order valence-corrected chi connectivity index (χ2v) is 4.21. The van der Waals surface area contributed by atoms with Crippen LogP contribution < -0.4 is 5.32 Å². The zero-order valence-electron chi connectivity index (χ0n) is 10.5. The highest BCUT2D eigenvalue weighted by Crippen LogP contribution is 2.19. The first-order valence-corrected chi connectivity index (χ1v) is 5.73. The van der Waals surface area contributed by atoms with E-state index in [0.29, 0.717) is 17.9 Å². The lowest BCUT2D eigenvalue weighted by atomic mass is 10.1. The summed E-state index contributed by atoms with van der Waals surface area (Å²) in [5.74, 6) is -1.54. The Labute approximate surface area is 112 Å². The van der Waals surface area contributed by atoms with Crippen LogP contribution in [0.2, 0.25) is 0 Å². The summed E-state index contributed by atoms with van der Waals surface area (Å²) in [6, 6.07) is 6.09. The molecule has 0 bridgehead atoms. The molecule has 0 spiro atoms. The molecule has 0 aliphatic carbocycles. The average molecular weight is 284 g/mol. The lowest BCUT2D eigenvalue weighted by Gasteiger charge is -2.08. The first-order chi connectivity index (χ1) is 9.34. The molecule has 0 radical (unpaired) electrons. The van der Waals surface area contributed by atoms with Crippen molar-refractivity contribution in [2.75, 3.05) is 5.32 Å². The van der Waals surface area contributed by atoms with Gasteiger partial charge in [0.1, 0.15) is 6.26 Å². The molecule has 4 nitrogen and oxygen atoms in total. The molecule has 0 saturated carbocycles. The topological polar surface area (TPSA) is 55.1 Å². The number of nitrogens with one attached hydrogen (secondary N) is 1. The zero-order valence-corrected chi connectivity index (χ0v) is 10.5. The van der Waals surface area contributed by atoms with E-state index in [1.165, 1.54) is 18.4 Å². The number of aryl methyl sites for hydroxylation is 1. The van der Waals surface area contributed by atoms with E-state index >= 15 is 0 Å². The van der Waals surface area contributed by atoms with Crippen LogP contribution in [0.4, 0.5) is 18.9 Å². The van der Waals surface area contributed by atoms with Crippen molar-refractivity contribution in [2.45, 2.75) is 19.5 Å². The standard InChI is InChI=1S/C13H11F3N2O2/c1-8-7-20-11(17-8)6-9-3-2-4-10(5-9)18-12(19)13(14,15)16/h2-5,7H,6H2,1H3,(H,18,19). The Kier molecular flexibility index (Phi) is 3.78. The molecule has 106 valence electrons. The molecular formula is C13H11F3N2O2. The zero-order chi connectivity index (χ0) is 14.8. The van der Waals surface area contributed by atoms with Gasteiger partial charge < -0.3 is 9.73 Å². The van der Waals surface area contributed by atoms with Crippen molar-refractivity contribution in [3.8, 4) is 0 Å². The van der Waals surface area contributed by atoms with Gasteiger partial charge in [0.2, 0.25) is 0 Å². The molecule has 0 aliphatic rings. The van der Waals surface area contributed by atoms with Crippen LogP contribution >= 0.6 is 0 Å². The van der Waals surface area contributed by atoms with E-state index in [0.717, 1.165) is 5.69 Å². The minimum absolute atomic E-state index is 0.0769. The van der Waals surface area contributed by atoms with E-state index in [-0.39, 0.29) is 5.69 Å². The van der Waals surface area contributed by atoms with E-state index in [2.05, 4.69) is 4.98 Å². The van der Waals surface area contributed by atoms with Crippen LogP contribution in [0.3, 0.4) is 0 Å². The molecule has 0 unspecified atom stereocenters. The third-order valence-corrected chi connectivity index (χ3v) is 2.46. The third kappa shape index (κ3) is 3.59. The second-order valence-electron chi connectivity index (χ2n) is 4.21. The van der Waals surface area contributed by atoms with Crippen LogP contribution in [0.25, 0.3) is 0 Å². The largest absolute Gasteiger partial charge is 0.471 e. The molecule has 2 rings (SSSR count). The van der Waals surface area contributed by atoms with Crippen molar-refractivity contribution in [1.29, 1.82) is 0 Å². The summed E-state index contributed by atoms with van der Waals surface area (Å²) in [7, 11) is 0. The average Bonchev–Trinajstić information content (AvgIpc) is 2.74. The van der Waals surface area contributed by atoms with Crippen LogP contribution in [-0.4, -0.2) is 17.1 Å². The van der Waals surface area contributed by atoms with Crippen molar-refractivity contribution >= 4 is 11.6 Å². The number of amides is 1. The maximum atomic E-state index is 12.1. The predicted molar refractivity (Wildman–Crippen MR) is 65.2 cm³/mol. The number of hydrogen-bond acceptors (Lipinski definition) is 3. The van der Waals surface area contributed by atoms with Gasteiger partial charge in [-0.25, -0.2) is 4.98 Å². The van der Waals surface area contributed by atoms with Gasteiger partial charge in [-0.15, -0.1) is 0 Å². The van der Waals surface area contributed by atoms with Crippen molar-refractivity contribution in [3.63, 3.8) is 0 Å². The number of rotatable bonds is 3. The van der Waals surface area contributed by atoms with Gasteiger partial charge in [0.15, 0.2) is 5.89 Å². The van der Waals surface area contributed by atoms with Gasteiger partial charge in [-0.3, -0.25) is 4.79 Å². The van der Waals surface area contributed by atoms with Crippen LogP contribution in [-0.2, 0) is 11.2 Å².